The SMILES string of the molecule is CN(C)CC1C2CCC(C2)C1c1cc2ccc(F)cc2s1. The number of fused-ring (bicyclic) bond motifs is 3. The van der Waals surface area contributed by atoms with Gasteiger partial charge in [-0.1, -0.05) is 6.07 Å². The third-order valence-electron chi connectivity index (χ3n) is 5.49. The zero-order valence-corrected chi connectivity index (χ0v) is 13.5. The van der Waals surface area contributed by atoms with Crippen molar-refractivity contribution in [3.8, 4) is 0 Å². The minimum atomic E-state index is -0.117. The zero-order chi connectivity index (χ0) is 14.6. The van der Waals surface area contributed by atoms with Crippen LogP contribution in [0.1, 0.15) is 30.1 Å². The molecule has 2 aliphatic carbocycles. The fourth-order valence-corrected chi connectivity index (χ4v) is 6.09. The van der Waals surface area contributed by atoms with Gasteiger partial charge >= 0.3 is 0 Å². The number of hydrogen-bond acceptors (Lipinski definition) is 2. The Morgan fingerprint density at radius 1 is 1.19 bits per heavy atom. The predicted molar refractivity (Wildman–Crippen MR) is 87.4 cm³/mol. The van der Waals surface area contributed by atoms with Crippen LogP contribution in [0.5, 0.6) is 0 Å². The van der Waals surface area contributed by atoms with Gasteiger partial charge in [0.1, 0.15) is 5.82 Å². The Labute approximate surface area is 129 Å². The molecular formula is C18H22FNS. The molecule has 4 atom stereocenters. The Kier molecular flexibility index (Phi) is 3.31. The summed E-state index contributed by atoms with van der Waals surface area (Å²) in [6, 6.07) is 7.53. The minimum Gasteiger partial charge on any atom is -0.309 e. The van der Waals surface area contributed by atoms with Crippen LogP contribution < -0.4 is 0 Å². The number of benzene rings is 1. The lowest BCUT2D eigenvalue weighted by Crippen LogP contribution is -2.30. The highest BCUT2D eigenvalue weighted by molar-refractivity contribution is 7.19. The van der Waals surface area contributed by atoms with Crippen molar-refractivity contribution < 1.29 is 4.39 Å². The summed E-state index contributed by atoms with van der Waals surface area (Å²) in [7, 11) is 4.37. The van der Waals surface area contributed by atoms with Crippen molar-refractivity contribution >= 4 is 21.4 Å². The third kappa shape index (κ3) is 2.31. The van der Waals surface area contributed by atoms with Crippen LogP contribution in [-0.4, -0.2) is 25.5 Å². The summed E-state index contributed by atoms with van der Waals surface area (Å²) in [6.45, 7) is 1.19. The molecule has 2 fully saturated rings. The lowest BCUT2D eigenvalue weighted by molar-refractivity contribution is 0.221. The van der Waals surface area contributed by atoms with Crippen LogP contribution >= 0.6 is 11.3 Å². The van der Waals surface area contributed by atoms with E-state index in [1.165, 1.54) is 36.1 Å². The second-order valence-corrected chi connectivity index (χ2v) is 8.23. The van der Waals surface area contributed by atoms with Gasteiger partial charge in [0.2, 0.25) is 0 Å². The van der Waals surface area contributed by atoms with E-state index in [-0.39, 0.29) is 5.82 Å². The highest BCUT2D eigenvalue weighted by atomic mass is 32.1. The molecular weight excluding hydrogens is 281 g/mol. The van der Waals surface area contributed by atoms with Gasteiger partial charge in [0.25, 0.3) is 0 Å². The number of thiophene rings is 1. The first-order valence-electron chi connectivity index (χ1n) is 7.95. The van der Waals surface area contributed by atoms with E-state index in [0.717, 1.165) is 22.5 Å². The molecule has 2 aliphatic rings. The van der Waals surface area contributed by atoms with Crippen LogP contribution in [0.4, 0.5) is 4.39 Å². The van der Waals surface area contributed by atoms with Crippen LogP contribution in [0, 0.1) is 23.6 Å². The van der Waals surface area contributed by atoms with Gasteiger partial charge in [-0.25, -0.2) is 4.39 Å². The molecule has 3 heteroatoms. The summed E-state index contributed by atoms with van der Waals surface area (Å²) >= 11 is 1.82. The van der Waals surface area contributed by atoms with E-state index in [1.54, 1.807) is 12.1 Å². The van der Waals surface area contributed by atoms with Gasteiger partial charge in [0.15, 0.2) is 0 Å². The molecule has 4 rings (SSSR count). The van der Waals surface area contributed by atoms with E-state index < -0.39 is 0 Å². The molecule has 0 radical (unpaired) electrons. The Morgan fingerprint density at radius 2 is 2.00 bits per heavy atom. The zero-order valence-electron chi connectivity index (χ0n) is 12.7. The van der Waals surface area contributed by atoms with E-state index >= 15 is 0 Å². The van der Waals surface area contributed by atoms with E-state index in [9.17, 15) is 4.39 Å². The van der Waals surface area contributed by atoms with Gasteiger partial charge < -0.3 is 4.90 Å². The normalized spacial score (nSPS) is 31.6. The van der Waals surface area contributed by atoms with Crippen molar-refractivity contribution in [1.29, 1.82) is 0 Å². The topological polar surface area (TPSA) is 3.24 Å². The monoisotopic (exact) mass is 303 g/mol. The second kappa shape index (κ2) is 5.06. The van der Waals surface area contributed by atoms with Gasteiger partial charge in [-0.3, -0.25) is 0 Å². The summed E-state index contributed by atoms with van der Waals surface area (Å²) in [5.74, 6) is 3.14. The van der Waals surface area contributed by atoms with Crippen LogP contribution in [0.25, 0.3) is 10.1 Å². The Bertz CT molecular complexity index is 662. The molecule has 1 heterocycles. The lowest BCUT2D eigenvalue weighted by Gasteiger charge is -2.32. The lowest BCUT2D eigenvalue weighted by atomic mass is 9.78. The maximum Gasteiger partial charge on any atom is 0.124 e. The molecule has 4 unspecified atom stereocenters. The third-order valence-corrected chi connectivity index (χ3v) is 6.69. The molecule has 2 aromatic rings. The average molecular weight is 303 g/mol. The van der Waals surface area contributed by atoms with Crippen LogP contribution in [-0.2, 0) is 0 Å². The summed E-state index contributed by atoms with van der Waals surface area (Å²) in [4.78, 5) is 3.83. The van der Waals surface area contributed by atoms with Crippen molar-refractivity contribution in [3.63, 3.8) is 0 Å². The Hall–Kier alpha value is -0.930. The molecule has 0 N–H and O–H groups in total. The van der Waals surface area contributed by atoms with E-state index in [4.69, 9.17) is 0 Å². The predicted octanol–water partition coefficient (Wildman–Crippen LogP) is 4.73. The summed E-state index contributed by atoms with van der Waals surface area (Å²) in [5.41, 5.74) is 0. The largest absolute Gasteiger partial charge is 0.309 e. The van der Waals surface area contributed by atoms with Crippen LogP contribution in [0.3, 0.4) is 0 Å². The molecule has 1 aromatic heterocycles. The maximum atomic E-state index is 13.4. The first kappa shape index (κ1) is 13.7. The molecule has 21 heavy (non-hydrogen) atoms. The number of rotatable bonds is 3. The van der Waals surface area contributed by atoms with Crippen molar-refractivity contribution in [1.82, 2.24) is 4.90 Å². The number of hydrogen-bond donors (Lipinski definition) is 0. The first-order valence-corrected chi connectivity index (χ1v) is 8.77. The van der Waals surface area contributed by atoms with Crippen molar-refractivity contribution in [2.45, 2.75) is 25.2 Å². The molecule has 2 bridgehead atoms. The van der Waals surface area contributed by atoms with E-state index in [2.05, 4.69) is 25.1 Å². The Balaban J connectivity index is 1.71. The molecule has 1 nitrogen and oxygen atoms in total. The molecule has 0 amide bonds. The van der Waals surface area contributed by atoms with Gasteiger partial charge in [0, 0.05) is 22.0 Å². The van der Waals surface area contributed by atoms with Gasteiger partial charge in [-0.05, 0) is 74.7 Å². The van der Waals surface area contributed by atoms with Gasteiger partial charge in [-0.15, -0.1) is 11.3 Å². The van der Waals surface area contributed by atoms with E-state index in [1.807, 2.05) is 17.4 Å². The molecule has 1 aromatic carbocycles. The Morgan fingerprint density at radius 3 is 2.81 bits per heavy atom. The smallest absolute Gasteiger partial charge is 0.124 e. The van der Waals surface area contributed by atoms with E-state index in [0.29, 0.717) is 5.92 Å². The van der Waals surface area contributed by atoms with Crippen molar-refractivity contribution in [2.75, 3.05) is 20.6 Å². The number of nitrogens with zero attached hydrogens (tertiary/aromatic N) is 1. The van der Waals surface area contributed by atoms with Crippen molar-refractivity contribution in [3.05, 3.63) is 35.0 Å². The molecule has 2 saturated carbocycles. The maximum absolute atomic E-state index is 13.4. The summed E-state index contributed by atoms with van der Waals surface area (Å²) in [6.07, 6.45) is 4.22. The van der Waals surface area contributed by atoms with Crippen molar-refractivity contribution in [2.24, 2.45) is 17.8 Å². The van der Waals surface area contributed by atoms with Crippen LogP contribution in [0.2, 0.25) is 0 Å². The highest BCUT2D eigenvalue weighted by Crippen LogP contribution is 2.58. The average Bonchev–Trinajstić information content (AvgIpc) is 3.10. The standard InChI is InChI=1S/C18H22FNS/c1-20(2)10-15-11-3-4-13(7-11)18(15)17-8-12-5-6-14(19)9-16(12)21-17/h5-6,8-9,11,13,15,18H,3-4,7,10H2,1-2H3. The molecule has 0 saturated heterocycles. The second-order valence-electron chi connectivity index (χ2n) is 7.12. The first-order chi connectivity index (χ1) is 10.1. The summed E-state index contributed by atoms with van der Waals surface area (Å²) < 4.78 is 14.5. The highest BCUT2D eigenvalue weighted by Gasteiger charge is 2.48. The fraction of sp³-hybridized carbons (Fsp3) is 0.556. The molecule has 0 aliphatic heterocycles. The van der Waals surface area contributed by atoms with Crippen LogP contribution in [0.15, 0.2) is 24.3 Å². The quantitative estimate of drug-likeness (QED) is 0.792. The summed E-state index contributed by atoms with van der Waals surface area (Å²) in [5, 5.41) is 1.21. The molecule has 0 spiro atoms. The number of halogens is 1. The van der Waals surface area contributed by atoms with Gasteiger partial charge in [0.05, 0.1) is 0 Å². The fourth-order valence-electron chi connectivity index (χ4n) is 4.73. The minimum absolute atomic E-state index is 0.117. The van der Waals surface area contributed by atoms with Gasteiger partial charge in [-0.2, -0.15) is 0 Å². The molecule has 112 valence electrons.